The number of carbonyl (C=O) groups excluding carboxylic acids is 2. The molecule has 0 radical (unpaired) electrons. The van der Waals surface area contributed by atoms with E-state index in [9.17, 15) is 18.0 Å². The highest BCUT2D eigenvalue weighted by atomic mass is 32.2. The maximum atomic E-state index is 12.7. The SMILES string of the molecule is O=C1NC[C@@H](CCC(=O)N2CCOCC2)N2C[C@H](NS(=O)(=O)c3ccccc3)C[C@@H]12. The van der Waals surface area contributed by atoms with Gasteiger partial charge in [0.1, 0.15) is 0 Å². The van der Waals surface area contributed by atoms with Gasteiger partial charge in [-0.05, 0) is 25.0 Å². The first-order chi connectivity index (χ1) is 14.4. The molecule has 1 aromatic rings. The lowest BCUT2D eigenvalue weighted by molar-refractivity contribution is -0.136. The number of fused-ring (bicyclic) bond motifs is 1. The fourth-order valence-electron chi connectivity index (χ4n) is 4.48. The molecule has 0 aliphatic carbocycles. The van der Waals surface area contributed by atoms with E-state index in [4.69, 9.17) is 4.74 Å². The van der Waals surface area contributed by atoms with Crippen LogP contribution in [0.3, 0.4) is 0 Å². The van der Waals surface area contributed by atoms with Crippen molar-refractivity contribution in [1.82, 2.24) is 19.8 Å². The third-order valence-corrected chi connectivity index (χ3v) is 7.59. The molecule has 3 aliphatic heterocycles. The number of benzene rings is 1. The van der Waals surface area contributed by atoms with Crippen molar-refractivity contribution in [2.75, 3.05) is 39.4 Å². The van der Waals surface area contributed by atoms with Crippen LogP contribution in [0.2, 0.25) is 0 Å². The van der Waals surface area contributed by atoms with Crippen LogP contribution in [0.25, 0.3) is 0 Å². The number of piperazine rings is 1. The fourth-order valence-corrected chi connectivity index (χ4v) is 5.74. The number of nitrogens with one attached hydrogen (secondary N) is 2. The molecule has 4 rings (SSSR count). The Morgan fingerprint density at radius 2 is 1.93 bits per heavy atom. The summed E-state index contributed by atoms with van der Waals surface area (Å²) in [4.78, 5) is 28.9. The molecule has 0 spiro atoms. The van der Waals surface area contributed by atoms with Crippen molar-refractivity contribution in [3.8, 4) is 0 Å². The quantitative estimate of drug-likeness (QED) is 0.625. The van der Waals surface area contributed by atoms with Crippen molar-refractivity contribution in [1.29, 1.82) is 0 Å². The van der Waals surface area contributed by atoms with E-state index in [-0.39, 0.29) is 34.8 Å². The van der Waals surface area contributed by atoms with E-state index < -0.39 is 10.0 Å². The Morgan fingerprint density at radius 3 is 2.67 bits per heavy atom. The molecule has 0 aromatic heterocycles. The second-order valence-corrected chi connectivity index (χ2v) is 9.72. The largest absolute Gasteiger partial charge is 0.378 e. The summed E-state index contributed by atoms with van der Waals surface area (Å²) in [6, 6.07) is 7.54. The van der Waals surface area contributed by atoms with Gasteiger partial charge in [0.05, 0.1) is 24.2 Å². The Kier molecular flexibility index (Phi) is 6.37. The summed E-state index contributed by atoms with van der Waals surface area (Å²) in [6.07, 6.45) is 1.46. The Morgan fingerprint density at radius 1 is 1.20 bits per heavy atom. The normalized spacial score (nSPS) is 27.5. The number of amides is 2. The molecule has 164 valence electrons. The number of morpholine rings is 1. The molecule has 0 unspecified atom stereocenters. The molecule has 2 N–H and O–H groups in total. The average Bonchev–Trinajstić information content (AvgIpc) is 3.18. The number of rotatable bonds is 6. The van der Waals surface area contributed by atoms with Crippen LogP contribution >= 0.6 is 0 Å². The topological polar surface area (TPSA) is 108 Å². The minimum atomic E-state index is -3.64. The van der Waals surface area contributed by atoms with Gasteiger partial charge in [-0.1, -0.05) is 18.2 Å². The molecule has 3 aliphatic rings. The highest BCUT2D eigenvalue weighted by Gasteiger charge is 2.44. The fraction of sp³-hybridized carbons (Fsp3) is 0.600. The number of nitrogens with zero attached hydrogens (tertiary/aromatic N) is 2. The Labute approximate surface area is 176 Å². The van der Waals surface area contributed by atoms with Crippen LogP contribution in [0.15, 0.2) is 35.2 Å². The zero-order valence-electron chi connectivity index (χ0n) is 16.8. The summed E-state index contributed by atoms with van der Waals surface area (Å²) in [7, 11) is -3.64. The van der Waals surface area contributed by atoms with Gasteiger partial charge in [-0.3, -0.25) is 14.5 Å². The lowest BCUT2D eigenvalue weighted by atomic mass is 10.0. The van der Waals surface area contributed by atoms with Crippen LogP contribution < -0.4 is 10.0 Å². The van der Waals surface area contributed by atoms with Crippen LogP contribution in [0.4, 0.5) is 0 Å². The molecular formula is C20H28N4O5S. The smallest absolute Gasteiger partial charge is 0.240 e. The monoisotopic (exact) mass is 436 g/mol. The van der Waals surface area contributed by atoms with Crippen molar-refractivity contribution in [3.63, 3.8) is 0 Å². The van der Waals surface area contributed by atoms with Crippen molar-refractivity contribution in [2.45, 2.75) is 42.3 Å². The summed E-state index contributed by atoms with van der Waals surface area (Å²) in [5.41, 5.74) is 0. The molecule has 3 heterocycles. The molecule has 30 heavy (non-hydrogen) atoms. The zero-order valence-corrected chi connectivity index (χ0v) is 17.6. The van der Waals surface area contributed by atoms with E-state index in [1.165, 1.54) is 0 Å². The highest BCUT2D eigenvalue weighted by Crippen LogP contribution is 2.27. The van der Waals surface area contributed by atoms with Gasteiger partial charge in [-0.15, -0.1) is 0 Å². The van der Waals surface area contributed by atoms with Crippen LogP contribution in [-0.2, 0) is 24.3 Å². The van der Waals surface area contributed by atoms with E-state index in [2.05, 4.69) is 14.9 Å². The van der Waals surface area contributed by atoms with Crippen molar-refractivity contribution in [3.05, 3.63) is 30.3 Å². The number of sulfonamides is 1. The first kappa shape index (κ1) is 21.2. The number of hydrogen-bond donors (Lipinski definition) is 2. The first-order valence-corrected chi connectivity index (χ1v) is 11.9. The molecule has 10 heteroatoms. The average molecular weight is 437 g/mol. The van der Waals surface area contributed by atoms with Crippen LogP contribution in [0.1, 0.15) is 19.3 Å². The van der Waals surface area contributed by atoms with Gasteiger partial charge in [0.2, 0.25) is 21.8 Å². The molecule has 3 fully saturated rings. The highest BCUT2D eigenvalue weighted by molar-refractivity contribution is 7.89. The summed E-state index contributed by atoms with van der Waals surface area (Å²) in [5.74, 6) is 0.0273. The summed E-state index contributed by atoms with van der Waals surface area (Å²) in [6.45, 7) is 3.32. The third kappa shape index (κ3) is 4.66. The first-order valence-electron chi connectivity index (χ1n) is 10.4. The maximum absolute atomic E-state index is 12.7. The zero-order chi connectivity index (χ0) is 21.1. The number of hydrogen-bond acceptors (Lipinski definition) is 6. The van der Waals surface area contributed by atoms with Gasteiger partial charge in [-0.2, -0.15) is 0 Å². The van der Waals surface area contributed by atoms with E-state index in [0.717, 1.165) is 0 Å². The van der Waals surface area contributed by atoms with Gasteiger partial charge >= 0.3 is 0 Å². The second-order valence-electron chi connectivity index (χ2n) is 8.01. The van der Waals surface area contributed by atoms with E-state index in [0.29, 0.717) is 58.7 Å². The molecule has 2 amide bonds. The lowest BCUT2D eigenvalue weighted by Crippen LogP contribution is -2.58. The molecular weight excluding hydrogens is 408 g/mol. The molecule has 3 saturated heterocycles. The van der Waals surface area contributed by atoms with Gasteiger partial charge in [0, 0.05) is 44.7 Å². The maximum Gasteiger partial charge on any atom is 0.240 e. The van der Waals surface area contributed by atoms with Crippen LogP contribution in [0, 0.1) is 0 Å². The molecule has 0 bridgehead atoms. The second kappa shape index (κ2) is 9.01. The predicted octanol–water partition coefficient (Wildman–Crippen LogP) is -0.455. The molecule has 0 saturated carbocycles. The van der Waals surface area contributed by atoms with E-state index in [1.807, 2.05) is 4.90 Å². The molecule has 9 nitrogen and oxygen atoms in total. The molecule has 1 aromatic carbocycles. The minimum Gasteiger partial charge on any atom is -0.378 e. The Hall–Kier alpha value is -2.01. The predicted molar refractivity (Wildman–Crippen MR) is 109 cm³/mol. The Bertz CT molecular complexity index is 872. The van der Waals surface area contributed by atoms with Crippen LogP contribution in [-0.4, -0.2) is 87.6 Å². The van der Waals surface area contributed by atoms with Crippen molar-refractivity contribution < 1.29 is 22.7 Å². The van der Waals surface area contributed by atoms with Gasteiger partial charge in [-0.25, -0.2) is 13.1 Å². The van der Waals surface area contributed by atoms with Crippen LogP contribution in [0.5, 0.6) is 0 Å². The van der Waals surface area contributed by atoms with Gasteiger partial charge in [0.15, 0.2) is 0 Å². The number of ether oxygens (including phenoxy) is 1. The Balaban J connectivity index is 1.37. The summed E-state index contributed by atoms with van der Waals surface area (Å²) in [5, 5.41) is 2.92. The summed E-state index contributed by atoms with van der Waals surface area (Å²) >= 11 is 0. The van der Waals surface area contributed by atoms with E-state index >= 15 is 0 Å². The van der Waals surface area contributed by atoms with Crippen molar-refractivity contribution >= 4 is 21.8 Å². The van der Waals surface area contributed by atoms with E-state index in [1.54, 1.807) is 30.3 Å². The minimum absolute atomic E-state index is 0.0175. The number of carbonyl (C=O) groups is 2. The lowest BCUT2D eigenvalue weighted by Gasteiger charge is -2.37. The van der Waals surface area contributed by atoms with Gasteiger partial charge < -0.3 is 15.0 Å². The summed E-state index contributed by atoms with van der Waals surface area (Å²) < 4.78 is 33.4. The molecule has 3 atom stereocenters. The van der Waals surface area contributed by atoms with Gasteiger partial charge in [0.25, 0.3) is 0 Å². The standard InChI is InChI=1S/C20H28N4O5S/c25-19(23-8-10-29-11-9-23)7-6-16-13-21-20(26)18-12-15(14-24(16)18)22-30(27,28)17-4-2-1-3-5-17/h1-5,15-16,18,22H,6-14H2,(H,21,26)/t15-,16-,18+/m1/s1. The third-order valence-electron chi connectivity index (χ3n) is 6.05. The van der Waals surface area contributed by atoms with Crippen molar-refractivity contribution in [2.24, 2.45) is 0 Å².